The SMILES string of the molecule is O=C(O)CC[C@H]1N[C@@]2(C(=O)Nc3ccccc32)[C@H]2C(=O)N(C3CCCC3)C(=O)[C@H]12. The second kappa shape index (κ2) is 6.38. The maximum absolute atomic E-state index is 13.6. The highest BCUT2D eigenvalue weighted by atomic mass is 16.4. The molecule has 3 amide bonds. The van der Waals surface area contributed by atoms with Crippen LogP contribution >= 0.6 is 0 Å². The maximum Gasteiger partial charge on any atom is 0.303 e. The average molecular weight is 397 g/mol. The van der Waals surface area contributed by atoms with Gasteiger partial charge in [0, 0.05) is 29.8 Å². The molecule has 1 saturated carbocycles. The van der Waals surface area contributed by atoms with Crippen molar-refractivity contribution in [2.45, 2.75) is 56.1 Å². The first-order valence-corrected chi connectivity index (χ1v) is 10.2. The van der Waals surface area contributed by atoms with Crippen LogP contribution in [0.25, 0.3) is 0 Å². The molecule has 4 atom stereocenters. The van der Waals surface area contributed by atoms with Crippen LogP contribution in [0.2, 0.25) is 0 Å². The predicted molar refractivity (Wildman–Crippen MR) is 102 cm³/mol. The quantitative estimate of drug-likeness (QED) is 0.658. The van der Waals surface area contributed by atoms with E-state index in [1.165, 1.54) is 4.90 Å². The molecule has 1 spiro atoms. The molecule has 8 heteroatoms. The van der Waals surface area contributed by atoms with E-state index in [0.717, 1.165) is 25.7 Å². The molecule has 4 aliphatic rings. The Kier molecular flexibility index (Phi) is 4.03. The fourth-order valence-electron chi connectivity index (χ4n) is 5.83. The van der Waals surface area contributed by atoms with Crippen LogP contribution in [0.3, 0.4) is 0 Å². The molecule has 5 rings (SSSR count). The standard InChI is InChI=1S/C21H23N3O5/c25-15(26)10-9-14-16-17(19(28)24(18(16)27)11-5-1-2-6-11)21(23-14)12-7-3-4-8-13(12)22-20(21)29/h3-4,7-8,11,14,16-17,23H,1-2,5-6,9-10H2,(H,22,29)(H,25,26)/t14-,16-,17-,21-/m1/s1. The van der Waals surface area contributed by atoms with E-state index in [-0.39, 0.29) is 36.6 Å². The zero-order valence-electron chi connectivity index (χ0n) is 15.9. The summed E-state index contributed by atoms with van der Waals surface area (Å²) in [6, 6.07) is 6.52. The van der Waals surface area contributed by atoms with Crippen molar-refractivity contribution in [1.82, 2.24) is 10.2 Å². The zero-order valence-corrected chi connectivity index (χ0v) is 15.9. The number of carboxylic acid groups (broad SMARTS) is 1. The Morgan fingerprint density at radius 1 is 1.14 bits per heavy atom. The Hall–Kier alpha value is -2.74. The largest absolute Gasteiger partial charge is 0.481 e. The molecule has 2 saturated heterocycles. The van der Waals surface area contributed by atoms with Crippen molar-refractivity contribution in [3.05, 3.63) is 29.8 Å². The van der Waals surface area contributed by atoms with Gasteiger partial charge in [-0.25, -0.2) is 0 Å². The first-order chi connectivity index (χ1) is 13.9. The summed E-state index contributed by atoms with van der Waals surface area (Å²) in [5.74, 6) is -3.45. The molecule has 3 aliphatic heterocycles. The zero-order chi connectivity index (χ0) is 20.3. The molecular weight excluding hydrogens is 374 g/mol. The van der Waals surface area contributed by atoms with Crippen molar-refractivity contribution < 1.29 is 24.3 Å². The van der Waals surface area contributed by atoms with Crippen molar-refractivity contribution in [2.24, 2.45) is 11.8 Å². The van der Waals surface area contributed by atoms with Crippen LogP contribution in [0.1, 0.15) is 44.1 Å². The number of para-hydroxylation sites is 1. The molecule has 0 unspecified atom stereocenters. The lowest BCUT2D eigenvalue weighted by atomic mass is 9.76. The minimum absolute atomic E-state index is 0.113. The van der Waals surface area contributed by atoms with Gasteiger partial charge in [0.05, 0.1) is 11.8 Å². The molecule has 29 heavy (non-hydrogen) atoms. The van der Waals surface area contributed by atoms with Crippen LogP contribution in [0.15, 0.2) is 24.3 Å². The molecular formula is C21H23N3O5. The minimum atomic E-state index is -1.33. The van der Waals surface area contributed by atoms with Crippen LogP contribution in [0.4, 0.5) is 5.69 Å². The molecule has 3 fully saturated rings. The normalized spacial score (nSPS) is 33.4. The van der Waals surface area contributed by atoms with Crippen molar-refractivity contribution >= 4 is 29.4 Å². The Morgan fingerprint density at radius 3 is 2.59 bits per heavy atom. The summed E-state index contributed by atoms with van der Waals surface area (Å²) >= 11 is 0. The van der Waals surface area contributed by atoms with E-state index in [0.29, 0.717) is 11.3 Å². The second-order valence-corrected chi connectivity index (χ2v) is 8.48. The molecule has 1 aromatic rings. The maximum atomic E-state index is 13.6. The highest BCUT2D eigenvalue weighted by Crippen LogP contribution is 2.54. The lowest BCUT2D eigenvalue weighted by molar-refractivity contribution is -0.145. The third-order valence-electron chi connectivity index (χ3n) is 7.02. The Bertz CT molecular complexity index is 925. The molecule has 3 heterocycles. The summed E-state index contributed by atoms with van der Waals surface area (Å²) in [7, 11) is 0. The number of carbonyl (C=O) groups is 4. The van der Waals surface area contributed by atoms with Gasteiger partial charge in [-0.2, -0.15) is 0 Å². The van der Waals surface area contributed by atoms with Gasteiger partial charge in [-0.05, 0) is 25.3 Å². The highest BCUT2D eigenvalue weighted by molar-refractivity contribution is 6.15. The molecule has 0 aromatic heterocycles. The molecule has 8 nitrogen and oxygen atoms in total. The summed E-state index contributed by atoms with van der Waals surface area (Å²) < 4.78 is 0. The average Bonchev–Trinajstić information content (AvgIpc) is 3.42. The molecule has 3 N–H and O–H groups in total. The fourth-order valence-corrected chi connectivity index (χ4v) is 5.83. The van der Waals surface area contributed by atoms with E-state index >= 15 is 0 Å². The van der Waals surface area contributed by atoms with Gasteiger partial charge in [0.25, 0.3) is 0 Å². The first kappa shape index (κ1) is 18.3. The summed E-state index contributed by atoms with van der Waals surface area (Å²) in [6.07, 6.45) is 3.59. The number of rotatable bonds is 4. The van der Waals surface area contributed by atoms with Gasteiger partial charge in [0.15, 0.2) is 0 Å². The number of aliphatic carboxylic acids is 1. The molecule has 0 radical (unpaired) electrons. The number of imide groups is 1. The van der Waals surface area contributed by atoms with E-state index in [2.05, 4.69) is 10.6 Å². The van der Waals surface area contributed by atoms with E-state index < -0.39 is 29.4 Å². The van der Waals surface area contributed by atoms with Gasteiger partial charge in [-0.1, -0.05) is 31.0 Å². The second-order valence-electron chi connectivity index (χ2n) is 8.48. The van der Waals surface area contributed by atoms with Gasteiger partial charge < -0.3 is 10.4 Å². The van der Waals surface area contributed by atoms with Crippen LogP contribution in [-0.4, -0.2) is 45.8 Å². The van der Waals surface area contributed by atoms with Gasteiger partial charge >= 0.3 is 5.97 Å². The fraction of sp³-hybridized carbons (Fsp3) is 0.524. The lowest BCUT2D eigenvalue weighted by Crippen LogP contribution is -2.54. The highest BCUT2D eigenvalue weighted by Gasteiger charge is 2.70. The Balaban J connectivity index is 1.61. The number of hydrogen-bond donors (Lipinski definition) is 3. The van der Waals surface area contributed by atoms with Gasteiger partial charge in [-0.15, -0.1) is 0 Å². The molecule has 1 aromatic carbocycles. The lowest BCUT2D eigenvalue weighted by Gasteiger charge is -2.31. The Morgan fingerprint density at radius 2 is 1.86 bits per heavy atom. The number of amides is 3. The number of likely N-dealkylation sites (tertiary alicyclic amines) is 1. The third kappa shape index (κ3) is 2.41. The van der Waals surface area contributed by atoms with Crippen molar-refractivity contribution in [3.8, 4) is 0 Å². The third-order valence-corrected chi connectivity index (χ3v) is 7.02. The van der Waals surface area contributed by atoms with E-state index in [4.69, 9.17) is 5.11 Å². The van der Waals surface area contributed by atoms with E-state index in [1.807, 2.05) is 0 Å². The van der Waals surface area contributed by atoms with Crippen molar-refractivity contribution in [2.75, 3.05) is 5.32 Å². The van der Waals surface area contributed by atoms with Crippen LogP contribution < -0.4 is 10.6 Å². The number of nitrogens with zero attached hydrogens (tertiary/aromatic N) is 1. The van der Waals surface area contributed by atoms with Crippen molar-refractivity contribution in [3.63, 3.8) is 0 Å². The van der Waals surface area contributed by atoms with Crippen LogP contribution in [-0.2, 0) is 24.7 Å². The summed E-state index contributed by atoms with van der Waals surface area (Å²) in [5.41, 5.74) is -0.0423. The molecule has 1 aliphatic carbocycles. The van der Waals surface area contributed by atoms with Crippen LogP contribution in [0.5, 0.6) is 0 Å². The number of fused-ring (bicyclic) bond motifs is 4. The van der Waals surface area contributed by atoms with Gasteiger partial charge in [0.1, 0.15) is 5.54 Å². The van der Waals surface area contributed by atoms with Crippen molar-refractivity contribution in [1.29, 1.82) is 0 Å². The number of benzene rings is 1. The number of carboxylic acids is 1. The first-order valence-electron chi connectivity index (χ1n) is 10.2. The number of anilines is 1. The number of carbonyl (C=O) groups excluding carboxylic acids is 3. The minimum Gasteiger partial charge on any atom is -0.481 e. The Labute approximate surface area is 167 Å². The molecule has 152 valence electrons. The number of nitrogens with one attached hydrogen (secondary N) is 2. The van der Waals surface area contributed by atoms with Crippen LogP contribution in [0, 0.1) is 11.8 Å². The predicted octanol–water partition coefficient (Wildman–Crippen LogP) is 1.21. The van der Waals surface area contributed by atoms with E-state index in [1.54, 1.807) is 24.3 Å². The summed E-state index contributed by atoms with van der Waals surface area (Å²) in [5, 5.41) is 15.3. The summed E-state index contributed by atoms with van der Waals surface area (Å²) in [4.78, 5) is 52.7. The summed E-state index contributed by atoms with van der Waals surface area (Å²) in [6.45, 7) is 0. The smallest absolute Gasteiger partial charge is 0.303 e. The number of hydrogen-bond acceptors (Lipinski definition) is 5. The van der Waals surface area contributed by atoms with Gasteiger partial charge in [-0.3, -0.25) is 29.4 Å². The monoisotopic (exact) mass is 397 g/mol. The van der Waals surface area contributed by atoms with E-state index in [9.17, 15) is 19.2 Å². The molecule has 0 bridgehead atoms. The topological polar surface area (TPSA) is 116 Å². The van der Waals surface area contributed by atoms with Gasteiger partial charge in [0.2, 0.25) is 17.7 Å².